The summed E-state index contributed by atoms with van der Waals surface area (Å²) >= 11 is 0. The van der Waals surface area contributed by atoms with Crippen LogP contribution in [-0.2, 0) is 44.8 Å². The van der Waals surface area contributed by atoms with Crippen LogP contribution in [0.25, 0.3) is 0 Å². The normalized spacial score (nSPS) is 14.5. The third kappa shape index (κ3) is 21.7. The number of unbranched alkanes of at least 4 members (excludes halogenated alkanes) is 1. The third-order valence-corrected chi connectivity index (χ3v) is 9.64. The highest BCUT2D eigenvalue weighted by Crippen LogP contribution is 2.29. The lowest BCUT2D eigenvalue weighted by Gasteiger charge is -2.30. The number of hydrogen-bond acceptors (Lipinski definition) is 9. The number of aliphatic carboxylic acids is 1. The molecule has 63 heavy (non-hydrogen) atoms. The highest BCUT2D eigenvalue weighted by Gasteiger charge is 2.40. The zero-order chi connectivity index (χ0) is 46.8. The van der Waals surface area contributed by atoms with Gasteiger partial charge >= 0.3 is 18.1 Å². The zero-order valence-corrected chi connectivity index (χ0v) is 36.3. The van der Waals surface area contributed by atoms with E-state index in [9.17, 15) is 45.8 Å². The van der Waals surface area contributed by atoms with Gasteiger partial charge in [0.05, 0.1) is 25.7 Å². The van der Waals surface area contributed by atoms with Gasteiger partial charge in [-0.05, 0) is 63.0 Å². The van der Waals surface area contributed by atoms with Crippen molar-refractivity contribution in [3.05, 3.63) is 108 Å². The molecule has 1 aromatic heterocycles. The van der Waals surface area contributed by atoms with E-state index in [2.05, 4.69) is 83.2 Å². The summed E-state index contributed by atoms with van der Waals surface area (Å²) in [5.74, 6) is -6.30. The number of carboxylic acids is 1. The van der Waals surface area contributed by atoms with E-state index < -0.39 is 58.9 Å². The number of fused-ring (bicyclic) bond motifs is 1. The molecule has 1 amide bonds. The lowest BCUT2D eigenvalue weighted by atomic mass is 9.87. The number of carbonyl (C=O) groups is 3. The fourth-order valence-electron chi connectivity index (χ4n) is 5.89. The Morgan fingerprint density at radius 3 is 2.05 bits per heavy atom. The average Bonchev–Trinajstić information content (AvgIpc) is 3.66. The fourth-order valence-corrected chi connectivity index (χ4v) is 5.89. The number of aliphatic hydroxyl groups excluding tert-OH is 1. The largest absolute Gasteiger partial charge is 0.481 e. The summed E-state index contributed by atoms with van der Waals surface area (Å²) in [7, 11) is 0. The molecule has 5 N–H and O–H groups in total. The molecule has 0 fully saturated rings. The van der Waals surface area contributed by atoms with Gasteiger partial charge in [0.2, 0.25) is 11.7 Å². The topological polar surface area (TPSA) is 173 Å². The van der Waals surface area contributed by atoms with E-state index in [1.165, 1.54) is 4.90 Å². The van der Waals surface area contributed by atoms with Crippen molar-refractivity contribution < 1.29 is 55.7 Å². The van der Waals surface area contributed by atoms with Gasteiger partial charge in [0, 0.05) is 56.5 Å². The van der Waals surface area contributed by atoms with Gasteiger partial charge in [-0.15, -0.1) is 10.2 Å². The predicted molar refractivity (Wildman–Crippen MR) is 227 cm³/mol. The number of aromatic nitrogens is 3. The summed E-state index contributed by atoms with van der Waals surface area (Å²) in [6, 6.07) is 0.184. The van der Waals surface area contributed by atoms with E-state index in [1.807, 2.05) is 13.8 Å². The molecular formula is C45H62F6N6O6. The van der Waals surface area contributed by atoms with Crippen molar-refractivity contribution in [2.24, 2.45) is 11.1 Å². The lowest BCUT2D eigenvalue weighted by Crippen LogP contribution is -2.42. The van der Waals surface area contributed by atoms with E-state index in [-0.39, 0.29) is 76.0 Å². The quantitative estimate of drug-likeness (QED) is 0.0252. The van der Waals surface area contributed by atoms with Crippen molar-refractivity contribution in [1.29, 1.82) is 0 Å². The Balaban J connectivity index is 0.000000442. The highest BCUT2D eigenvalue weighted by molar-refractivity contribution is 5.77. The monoisotopic (exact) mass is 896 g/mol. The molecule has 0 unspecified atom stereocenters. The number of hydrogen-bond donors (Lipinski definition) is 4. The number of alkyl halides is 3. The Labute approximate surface area is 365 Å². The molecule has 1 aromatic carbocycles. The number of benzene rings is 1. The summed E-state index contributed by atoms with van der Waals surface area (Å²) in [6.45, 7) is 6.14. The minimum Gasteiger partial charge on any atom is -0.481 e. The summed E-state index contributed by atoms with van der Waals surface area (Å²) < 4.78 is 84.6. The number of rotatable bonds is 25. The van der Waals surface area contributed by atoms with Crippen LogP contribution in [0.3, 0.4) is 0 Å². The first-order valence-corrected chi connectivity index (χ1v) is 21.0. The van der Waals surface area contributed by atoms with E-state index in [4.69, 9.17) is 15.6 Å². The molecule has 2 atom stereocenters. The summed E-state index contributed by atoms with van der Waals surface area (Å²) in [5, 5.41) is 28.4. The van der Waals surface area contributed by atoms with Crippen LogP contribution >= 0.6 is 0 Å². The Morgan fingerprint density at radius 1 is 0.873 bits per heavy atom. The number of nitrogens with two attached hydrogens (primary N) is 1. The first-order chi connectivity index (χ1) is 29.8. The van der Waals surface area contributed by atoms with Crippen LogP contribution in [0, 0.1) is 22.9 Å². The molecule has 0 saturated carbocycles. The van der Waals surface area contributed by atoms with Crippen LogP contribution in [0.15, 0.2) is 72.9 Å². The minimum absolute atomic E-state index is 0.0000229. The standard InChI is InChI=1S/C29H47NO5.C16H15F6N5O/c1-4-5-6-7-8-9-10-11-12-13-14-15-16-17-18-19-20-21-28(34)35-25-29(2,3)26(31)24-30-23-22-27(32)33;17-10-6-12(19)11(18)4-8(10)3-9(23)5-14(28)26-1-2-27-13(7-26)24-25-15(27)16(20,21)22/h5-6,8-9,11-12,14-15,17-18,26,30-31H,4,7,10,13,16,19-25H2,1-3H3,(H,32,33);4,6,9H,1-3,5,7,23H2/b6-5-,9-8?,12-11?,15-14-,18-17-;/t26-;9-/m01/s1. The van der Waals surface area contributed by atoms with Crippen LogP contribution in [0.1, 0.15) is 102 Å². The van der Waals surface area contributed by atoms with Gasteiger partial charge in [-0.25, -0.2) is 13.2 Å². The average molecular weight is 897 g/mol. The minimum atomic E-state index is -4.64. The van der Waals surface area contributed by atoms with Crippen molar-refractivity contribution in [2.75, 3.05) is 26.2 Å². The van der Waals surface area contributed by atoms with Gasteiger partial charge in [0.25, 0.3) is 0 Å². The first kappa shape index (κ1) is 54.1. The van der Waals surface area contributed by atoms with Crippen LogP contribution in [0.2, 0.25) is 0 Å². The molecule has 0 spiro atoms. The van der Waals surface area contributed by atoms with Crippen molar-refractivity contribution in [1.82, 2.24) is 25.0 Å². The van der Waals surface area contributed by atoms with Crippen LogP contribution in [-0.4, -0.2) is 86.1 Å². The molecule has 0 aliphatic carbocycles. The van der Waals surface area contributed by atoms with Gasteiger partial charge in [-0.1, -0.05) is 81.5 Å². The van der Waals surface area contributed by atoms with E-state index in [0.29, 0.717) is 18.6 Å². The Morgan fingerprint density at radius 2 is 1.46 bits per heavy atom. The van der Waals surface area contributed by atoms with Gasteiger partial charge in [0.1, 0.15) is 5.82 Å². The molecule has 0 bridgehead atoms. The van der Waals surface area contributed by atoms with Crippen molar-refractivity contribution >= 4 is 17.8 Å². The van der Waals surface area contributed by atoms with E-state index in [0.717, 1.165) is 49.5 Å². The fraction of sp³-hybridized carbons (Fsp3) is 0.533. The lowest BCUT2D eigenvalue weighted by molar-refractivity contribution is -0.149. The third-order valence-electron chi connectivity index (χ3n) is 9.64. The number of allylic oxidation sites excluding steroid dienone is 10. The second-order valence-corrected chi connectivity index (χ2v) is 15.5. The predicted octanol–water partition coefficient (Wildman–Crippen LogP) is 7.92. The summed E-state index contributed by atoms with van der Waals surface area (Å²) in [5.41, 5.74) is 5.02. The highest BCUT2D eigenvalue weighted by atomic mass is 19.4. The number of nitrogens with one attached hydrogen (secondary N) is 1. The van der Waals surface area contributed by atoms with E-state index in [1.54, 1.807) is 0 Å². The SMILES string of the molecule is CC/C=C\CC=CCC=CC/C=C\C/C=C\CCCC(=O)OCC(C)(C)[C@@H](O)CNCCC(=O)O.N[C@@H](CC(=O)N1CCn2c(nnc2C(F)(F)F)C1)Cc1cc(F)c(F)cc1F. The Kier molecular flexibility index (Phi) is 24.5. The molecule has 0 radical (unpaired) electrons. The maximum atomic E-state index is 13.7. The molecule has 350 valence electrons. The molecule has 1 aliphatic rings. The molecule has 12 nitrogen and oxygen atoms in total. The van der Waals surface area contributed by atoms with Gasteiger partial charge in [-0.2, -0.15) is 13.2 Å². The molecule has 18 heteroatoms. The van der Waals surface area contributed by atoms with Gasteiger partial charge < -0.3 is 35.5 Å². The van der Waals surface area contributed by atoms with Crippen LogP contribution < -0.4 is 11.1 Å². The molecule has 3 rings (SSSR count). The number of carboxylic acid groups (broad SMARTS) is 1. The van der Waals surface area contributed by atoms with Crippen molar-refractivity contribution in [2.45, 2.75) is 123 Å². The zero-order valence-electron chi connectivity index (χ0n) is 36.3. The number of halogens is 6. The second kappa shape index (κ2) is 28.6. The molecule has 1 aliphatic heterocycles. The Bertz CT molecular complexity index is 1880. The number of esters is 1. The van der Waals surface area contributed by atoms with E-state index >= 15 is 0 Å². The summed E-state index contributed by atoms with van der Waals surface area (Å²) in [6.07, 6.45) is 22.5. The molecular weight excluding hydrogens is 835 g/mol. The Hall–Kier alpha value is -5.07. The van der Waals surface area contributed by atoms with Gasteiger partial charge in [0.15, 0.2) is 17.5 Å². The van der Waals surface area contributed by atoms with Crippen molar-refractivity contribution in [3.8, 4) is 0 Å². The first-order valence-electron chi connectivity index (χ1n) is 21.0. The van der Waals surface area contributed by atoms with Crippen LogP contribution in [0.5, 0.6) is 0 Å². The number of carbonyl (C=O) groups excluding carboxylic acids is 2. The number of aliphatic hydroxyl groups is 1. The van der Waals surface area contributed by atoms with Gasteiger partial charge in [-0.3, -0.25) is 14.4 Å². The second-order valence-electron chi connectivity index (χ2n) is 15.5. The number of amides is 1. The summed E-state index contributed by atoms with van der Waals surface area (Å²) in [4.78, 5) is 36.1. The van der Waals surface area contributed by atoms with Crippen molar-refractivity contribution in [3.63, 3.8) is 0 Å². The number of nitrogens with zero attached hydrogens (tertiary/aromatic N) is 4. The molecule has 0 saturated heterocycles. The maximum Gasteiger partial charge on any atom is 0.451 e. The molecule has 2 aromatic rings. The van der Waals surface area contributed by atoms with Crippen LogP contribution in [0.4, 0.5) is 26.3 Å². The number of ether oxygens (including phenoxy) is 1. The maximum absolute atomic E-state index is 13.7. The molecule has 2 heterocycles. The smallest absolute Gasteiger partial charge is 0.451 e.